The number of hydrogen-bond donors (Lipinski definition) is 3. The van der Waals surface area contributed by atoms with E-state index in [1.165, 1.54) is 5.56 Å². The number of aryl methyl sites for hydroxylation is 2. The van der Waals surface area contributed by atoms with Crippen molar-refractivity contribution in [3.8, 4) is 0 Å². The first-order valence-corrected chi connectivity index (χ1v) is 12.0. The lowest BCUT2D eigenvalue weighted by atomic mass is 9.95. The molecule has 2 aliphatic rings. The van der Waals surface area contributed by atoms with Crippen LogP contribution in [0, 0.1) is 5.92 Å². The molecule has 2 aromatic heterocycles. The van der Waals surface area contributed by atoms with Crippen molar-refractivity contribution < 1.29 is 4.79 Å². The maximum Gasteiger partial charge on any atom is 0.229 e. The van der Waals surface area contributed by atoms with Gasteiger partial charge < -0.3 is 20.9 Å². The number of rotatable bonds is 3. The topological polar surface area (TPSA) is 95.1 Å². The van der Waals surface area contributed by atoms with Gasteiger partial charge in [0, 0.05) is 31.4 Å². The largest absolute Gasteiger partial charge is 0.341 e. The Morgan fingerprint density at radius 1 is 1.03 bits per heavy atom. The molecule has 1 aromatic carbocycles. The van der Waals surface area contributed by atoms with Crippen LogP contribution in [0.3, 0.4) is 0 Å². The molecule has 1 fully saturated rings. The summed E-state index contributed by atoms with van der Waals surface area (Å²) < 4.78 is 0. The van der Waals surface area contributed by atoms with Crippen molar-refractivity contribution in [2.45, 2.75) is 32.2 Å². The molecule has 6 bridgehead atoms. The molecule has 3 N–H and O–H groups in total. The first kappa shape index (κ1) is 30.9. The molecule has 0 radical (unpaired) electrons. The average Bonchev–Trinajstić information content (AvgIpc) is 2.86. The van der Waals surface area contributed by atoms with Gasteiger partial charge in [-0.2, -0.15) is 4.98 Å². The number of pyridine rings is 1. The Labute approximate surface area is 240 Å². The molecule has 4 heterocycles. The van der Waals surface area contributed by atoms with Gasteiger partial charge >= 0.3 is 0 Å². The van der Waals surface area contributed by atoms with E-state index in [0.29, 0.717) is 23.3 Å². The number of benzene rings is 1. The van der Waals surface area contributed by atoms with E-state index in [0.717, 1.165) is 61.3 Å². The molecule has 200 valence electrons. The predicted octanol–water partition coefficient (Wildman–Crippen LogP) is 5.33. The lowest BCUT2D eigenvalue weighted by Crippen LogP contribution is -2.39. The van der Waals surface area contributed by atoms with Crippen molar-refractivity contribution >= 4 is 77.9 Å². The van der Waals surface area contributed by atoms with Crippen molar-refractivity contribution in [2.24, 2.45) is 5.92 Å². The van der Waals surface area contributed by atoms with Crippen LogP contribution in [0.25, 0.3) is 0 Å². The summed E-state index contributed by atoms with van der Waals surface area (Å²) in [6, 6.07) is 8.28. The zero-order valence-electron chi connectivity index (χ0n) is 20.4. The van der Waals surface area contributed by atoms with Crippen LogP contribution in [0.2, 0.25) is 5.02 Å². The summed E-state index contributed by atoms with van der Waals surface area (Å²) in [6.07, 6.45) is 8.66. The number of hydrogen-bond acceptors (Lipinski definition) is 7. The van der Waals surface area contributed by atoms with Crippen LogP contribution < -0.4 is 16.0 Å². The first-order valence-electron chi connectivity index (χ1n) is 11.6. The van der Waals surface area contributed by atoms with Gasteiger partial charge in [0.2, 0.25) is 11.9 Å². The van der Waals surface area contributed by atoms with Gasteiger partial charge in [-0.25, -0.2) is 4.98 Å². The van der Waals surface area contributed by atoms with Crippen molar-refractivity contribution in [2.75, 3.05) is 30.8 Å². The van der Waals surface area contributed by atoms with Crippen molar-refractivity contribution in [1.82, 2.24) is 25.2 Å². The number of amides is 1. The number of carbonyl (C=O) groups excluding carboxylic acids is 1. The van der Waals surface area contributed by atoms with Crippen LogP contribution in [0.1, 0.15) is 29.5 Å². The Morgan fingerprint density at radius 2 is 1.81 bits per heavy atom. The monoisotopic (exact) mass is 585 g/mol. The molecule has 0 atom stereocenters. The summed E-state index contributed by atoms with van der Waals surface area (Å²) in [5.74, 6) is 1.30. The molecule has 1 saturated heterocycles. The number of nitrogens with one attached hydrogen (secondary N) is 3. The standard InChI is InChI=1S/C25H28ClN7O.3ClH/c1-33(24(34)17-6-8-27-9-7-17)15-19-4-5-20-11-18(19)3-2-16-10-21(13-28-12-16)31-25-29-14-22(26)23(30-20)32-25;;;/h4-5,10-14,17,27H,2-3,6-9,15H2,1H3,(H2,29,30,31,32);3*1H. The number of anilines is 4. The van der Waals surface area contributed by atoms with Crippen LogP contribution in [0.4, 0.5) is 23.1 Å². The van der Waals surface area contributed by atoms with Gasteiger partial charge in [0.15, 0.2) is 5.82 Å². The third-order valence-corrected chi connectivity index (χ3v) is 6.70. The van der Waals surface area contributed by atoms with Gasteiger partial charge in [-0.05, 0) is 73.7 Å². The van der Waals surface area contributed by atoms with Crippen molar-refractivity contribution in [1.29, 1.82) is 0 Å². The summed E-state index contributed by atoms with van der Waals surface area (Å²) in [7, 11) is 1.91. The van der Waals surface area contributed by atoms with Crippen LogP contribution >= 0.6 is 48.8 Å². The minimum absolute atomic E-state index is 0. The number of nitrogens with zero attached hydrogens (tertiary/aromatic N) is 4. The van der Waals surface area contributed by atoms with E-state index in [1.54, 1.807) is 12.4 Å². The van der Waals surface area contributed by atoms with Gasteiger partial charge in [0.25, 0.3) is 0 Å². The van der Waals surface area contributed by atoms with Crippen LogP contribution in [-0.2, 0) is 24.2 Å². The molecule has 8 nitrogen and oxygen atoms in total. The summed E-state index contributed by atoms with van der Waals surface area (Å²) in [5.41, 5.74) is 5.15. The van der Waals surface area contributed by atoms with Crippen LogP contribution in [-0.4, -0.2) is 45.9 Å². The summed E-state index contributed by atoms with van der Waals surface area (Å²) in [5, 5.41) is 10.3. The van der Waals surface area contributed by atoms with E-state index in [1.807, 2.05) is 24.2 Å². The van der Waals surface area contributed by atoms with E-state index >= 15 is 0 Å². The number of carbonyl (C=O) groups is 1. The Morgan fingerprint density at radius 3 is 2.59 bits per heavy atom. The van der Waals surface area contributed by atoms with E-state index in [4.69, 9.17) is 11.6 Å². The lowest BCUT2D eigenvalue weighted by Gasteiger charge is -2.27. The zero-order chi connectivity index (χ0) is 23.5. The quantitative estimate of drug-likeness (QED) is 0.381. The maximum absolute atomic E-state index is 13.0. The highest BCUT2D eigenvalue weighted by molar-refractivity contribution is 6.32. The first-order chi connectivity index (χ1) is 16.5. The molecule has 12 heteroatoms. The number of piperidine rings is 1. The average molecular weight is 587 g/mol. The molecule has 0 aliphatic carbocycles. The Bertz CT molecular complexity index is 1210. The molecular weight excluding hydrogens is 556 g/mol. The molecule has 1 amide bonds. The number of fused-ring (bicyclic) bond motifs is 6. The van der Waals surface area contributed by atoms with Gasteiger partial charge in [0.1, 0.15) is 5.02 Å². The van der Waals surface area contributed by atoms with E-state index in [-0.39, 0.29) is 49.0 Å². The second-order valence-corrected chi connectivity index (χ2v) is 9.33. The van der Waals surface area contributed by atoms with E-state index < -0.39 is 0 Å². The highest BCUT2D eigenvalue weighted by Gasteiger charge is 2.24. The lowest BCUT2D eigenvalue weighted by molar-refractivity contribution is -0.135. The Hall–Kier alpha value is -2.36. The van der Waals surface area contributed by atoms with Gasteiger partial charge in [0.05, 0.1) is 18.1 Å². The normalized spacial score (nSPS) is 14.4. The predicted molar refractivity (Wildman–Crippen MR) is 156 cm³/mol. The van der Waals surface area contributed by atoms with Crippen LogP contribution in [0.15, 0.2) is 42.9 Å². The maximum atomic E-state index is 13.0. The van der Waals surface area contributed by atoms with Gasteiger partial charge in [-0.15, -0.1) is 37.2 Å². The fraction of sp³-hybridized carbons (Fsp3) is 0.360. The molecule has 0 saturated carbocycles. The summed E-state index contributed by atoms with van der Waals surface area (Å²) >= 11 is 6.37. The number of aromatic nitrogens is 3. The van der Waals surface area contributed by atoms with Crippen LogP contribution in [0.5, 0.6) is 0 Å². The summed E-state index contributed by atoms with van der Waals surface area (Å²) in [6.45, 7) is 2.40. The highest BCUT2D eigenvalue weighted by Crippen LogP contribution is 2.28. The third-order valence-electron chi connectivity index (χ3n) is 6.42. The smallest absolute Gasteiger partial charge is 0.229 e. The van der Waals surface area contributed by atoms with Gasteiger partial charge in [-0.3, -0.25) is 9.78 Å². The van der Waals surface area contributed by atoms with E-state index in [9.17, 15) is 4.79 Å². The zero-order valence-corrected chi connectivity index (χ0v) is 23.6. The molecule has 5 rings (SSSR count). The molecule has 0 spiro atoms. The SMILES string of the molecule is CN(Cc1ccc2cc1CCc1cncc(c1)Nc1ncc(Cl)c(n1)N2)C(=O)C1CCNCC1.Cl.Cl.Cl. The molecule has 2 aliphatic heterocycles. The van der Waals surface area contributed by atoms with Crippen molar-refractivity contribution in [3.05, 3.63) is 64.6 Å². The Kier molecular flexibility index (Phi) is 11.7. The summed E-state index contributed by atoms with van der Waals surface area (Å²) in [4.78, 5) is 28.1. The fourth-order valence-electron chi connectivity index (χ4n) is 4.56. The fourth-order valence-corrected chi connectivity index (χ4v) is 4.70. The minimum Gasteiger partial charge on any atom is -0.341 e. The Balaban J connectivity index is 0.00000160. The molecule has 3 aromatic rings. The third kappa shape index (κ3) is 7.58. The highest BCUT2D eigenvalue weighted by atomic mass is 35.5. The molecular formula is C25H31Cl4N7O. The van der Waals surface area contributed by atoms with E-state index in [2.05, 4.69) is 49.1 Å². The second-order valence-electron chi connectivity index (χ2n) is 8.92. The van der Waals surface area contributed by atoms with Crippen molar-refractivity contribution in [3.63, 3.8) is 0 Å². The molecule has 37 heavy (non-hydrogen) atoms. The van der Waals surface area contributed by atoms with Gasteiger partial charge in [-0.1, -0.05) is 17.7 Å². The number of halogens is 4. The molecule has 0 unspecified atom stereocenters. The minimum atomic E-state index is 0. The second kappa shape index (κ2) is 14.0.